The predicted molar refractivity (Wildman–Crippen MR) is 108 cm³/mol. The number of alkyl halides is 1. The topological polar surface area (TPSA) is 64.1 Å². The van der Waals surface area contributed by atoms with Crippen molar-refractivity contribution in [2.24, 2.45) is 5.73 Å². The lowest BCUT2D eigenvalue weighted by Crippen LogP contribution is -2.31. The fourth-order valence-corrected chi connectivity index (χ4v) is 4.41. The number of furan rings is 1. The summed E-state index contributed by atoms with van der Waals surface area (Å²) in [6.07, 6.45) is 0.0322. The van der Waals surface area contributed by atoms with E-state index >= 15 is 0 Å². The van der Waals surface area contributed by atoms with Crippen LogP contribution in [0.1, 0.15) is 41.9 Å². The third-order valence-corrected chi connectivity index (χ3v) is 5.96. The zero-order valence-corrected chi connectivity index (χ0v) is 16.3. The van der Waals surface area contributed by atoms with Crippen LogP contribution in [0.15, 0.2) is 28.0 Å². The summed E-state index contributed by atoms with van der Waals surface area (Å²) in [6.45, 7) is 2.39. The van der Waals surface area contributed by atoms with Crippen molar-refractivity contribution in [3.05, 3.63) is 44.9 Å². The van der Waals surface area contributed by atoms with Crippen LogP contribution in [0.3, 0.4) is 0 Å². The molecule has 1 aliphatic carbocycles. The third-order valence-electron chi connectivity index (χ3n) is 4.89. The van der Waals surface area contributed by atoms with Crippen LogP contribution in [-0.4, -0.2) is 17.2 Å². The highest BCUT2D eigenvalue weighted by molar-refractivity contribution is 7.09. The van der Waals surface area contributed by atoms with Crippen molar-refractivity contribution in [1.29, 1.82) is 0 Å². The Bertz CT molecular complexity index is 1020. The molecule has 1 saturated carbocycles. The van der Waals surface area contributed by atoms with Gasteiger partial charge in [0.2, 0.25) is 0 Å². The average Bonchev–Trinajstić information content (AvgIpc) is 3.35. The lowest BCUT2D eigenvalue weighted by Gasteiger charge is -2.14. The Hall–Kier alpha value is -2.07. The minimum absolute atomic E-state index is 0.214. The summed E-state index contributed by atoms with van der Waals surface area (Å²) in [5.41, 5.74) is 8.66. The van der Waals surface area contributed by atoms with Gasteiger partial charge in [0, 0.05) is 29.4 Å². The van der Waals surface area contributed by atoms with Crippen LogP contribution in [0.4, 0.5) is 10.1 Å². The Kier molecular flexibility index (Phi) is 5.09. The number of anilines is 1. The lowest BCUT2D eigenvalue weighted by molar-refractivity contribution is 0.300. The van der Waals surface area contributed by atoms with Gasteiger partial charge < -0.3 is 15.5 Å². The number of rotatable bonds is 4. The molecule has 1 fully saturated rings. The smallest absolute Gasteiger partial charge is 0.177 e. The number of hydrogen-bond acceptors (Lipinski definition) is 5. The molecule has 7 heteroatoms. The van der Waals surface area contributed by atoms with Crippen LogP contribution in [0.25, 0.3) is 11.1 Å². The summed E-state index contributed by atoms with van der Waals surface area (Å²) in [4.78, 5) is 5.62. The van der Waals surface area contributed by atoms with E-state index in [4.69, 9.17) is 21.8 Å². The van der Waals surface area contributed by atoms with E-state index in [1.807, 2.05) is 11.4 Å². The summed E-state index contributed by atoms with van der Waals surface area (Å²) in [5.74, 6) is 6.36. The molecule has 0 amide bonds. The van der Waals surface area contributed by atoms with Gasteiger partial charge >= 0.3 is 0 Å². The molecule has 3 N–H and O–H groups in total. The normalized spacial score (nSPS) is 22.0. The fourth-order valence-electron chi connectivity index (χ4n) is 3.57. The van der Waals surface area contributed by atoms with E-state index in [9.17, 15) is 4.39 Å². The summed E-state index contributed by atoms with van der Waals surface area (Å²) < 4.78 is 20.2. The fraction of sp³-hybridized carbons (Fsp3) is 0.350. The van der Waals surface area contributed by atoms with E-state index in [1.165, 1.54) is 4.88 Å². The average molecular weight is 404 g/mol. The Balaban J connectivity index is 1.80. The maximum Gasteiger partial charge on any atom is 0.177 e. The quantitative estimate of drug-likeness (QED) is 0.471. The van der Waals surface area contributed by atoms with E-state index < -0.39 is 12.2 Å². The van der Waals surface area contributed by atoms with Crippen molar-refractivity contribution in [2.45, 2.75) is 44.4 Å². The second-order valence-electron chi connectivity index (χ2n) is 6.60. The van der Waals surface area contributed by atoms with Crippen LogP contribution in [0.2, 0.25) is 5.15 Å². The molecule has 0 bridgehead atoms. The van der Waals surface area contributed by atoms with Crippen molar-refractivity contribution in [1.82, 2.24) is 4.98 Å². The Morgan fingerprint density at radius 3 is 3.00 bits per heavy atom. The molecule has 3 atom stereocenters. The number of halogens is 2. The first-order valence-electron chi connectivity index (χ1n) is 8.80. The molecule has 0 spiro atoms. The Morgan fingerprint density at radius 1 is 1.48 bits per heavy atom. The number of thiophene rings is 1. The van der Waals surface area contributed by atoms with Gasteiger partial charge in [-0.2, -0.15) is 0 Å². The number of pyridine rings is 1. The van der Waals surface area contributed by atoms with E-state index in [0.717, 1.165) is 5.69 Å². The molecule has 0 aromatic carbocycles. The SMILES string of the molecule is CC#Cc1c([C@H]2CC[C@H](F)[C@@H]2N)oc2c(NCc3cccs3)cc(Cl)nc12. The molecule has 140 valence electrons. The Morgan fingerprint density at radius 2 is 2.33 bits per heavy atom. The predicted octanol–water partition coefficient (Wildman–Crippen LogP) is 5.07. The number of fused-ring (bicyclic) bond motifs is 1. The van der Waals surface area contributed by atoms with Crippen molar-refractivity contribution in [3.63, 3.8) is 0 Å². The third kappa shape index (κ3) is 3.43. The van der Waals surface area contributed by atoms with Crippen LogP contribution in [0.5, 0.6) is 0 Å². The van der Waals surface area contributed by atoms with Crippen molar-refractivity contribution in [2.75, 3.05) is 5.32 Å². The molecule has 4 nitrogen and oxygen atoms in total. The molecule has 3 aromatic heterocycles. The van der Waals surface area contributed by atoms with Crippen molar-refractivity contribution in [3.8, 4) is 11.8 Å². The van der Waals surface area contributed by atoms with Gasteiger partial charge in [-0.05, 0) is 31.2 Å². The minimum atomic E-state index is -1.03. The first-order valence-corrected chi connectivity index (χ1v) is 10.1. The molecule has 3 aromatic rings. The van der Waals surface area contributed by atoms with Gasteiger partial charge in [0.05, 0.1) is 11.3 Å². The molecule has 4 rings (SSSR count). The first-order chi connectivity index (χ1) is 13.1. The molecular weight excluding hydrogens is 385 g/mol. The van der Waals surface area contributed by atoms with E-state index in [-0.39, 0.29) is 5.92 Å². The van der Waals surface area contributed by atoms with Crippen molar-refractivity contribution >= 4 is 39.7 Å². The summed E-state index contributed by atoms with van der Waals surface area (Å²) >= 11 is 7.92. The van der Waals surface area contributed by atoms with Gasteiger partial charge in [0.15, 0.2) is 5.58 Å². The second-order valence-corrected chi connectivity index (χ2v) is 8.02. The zero-order valence-electron chi connectivity index (χ0n) is 14.8. The maximum atomic E-state index is 14.0. The molecule has 3 heterocycles. The highest BCUT2D eigenvalue weighted by atomic mass is 35.5. The number of aromatic nitrogens is 1. The lowest BCUT2D eigenvalue weighted by atomic mass is 9.97. The minimum Gasteiger partial charge on any atom is -0.455 e. The van der Waals surface area contributed by atoms with Crippen LogP contribution in [0, 0.1) is 11.8 Å². The van der Waals surface area contributed by atoms with Gasteiger partial charge in [0.25, 0.3) is 0 Å². The Labute approximate surface area is 165 Å². The van der Waals surface area contributed by atoms with Crippen molar-refractivity contribution < 1.29 is 8.81 Å². The van der Waals surface area contributed by atoms with Gasteiger partial charge in [-0.1, -0.05) is 23.6 Å². The summed E-state index contributed by atoms with van der Waals surface area (Å²) in [5, 5.41) is 5.74. The van der Waals surface area contributed by atoms with E-state index in [1.54, 1.807) is 24.3 Å². The highest BCUT2D eigenvalue weighted by Crippen LogP contribution is 2.42. The molecule has 0 saturated heterocycles. The first kappa shape index (κ1) is 18.3. The van der Waals surface area contributed by atoms with Crippen LogP contribution >= 0.6 is 22.9 Å². The molecule has 0 radical (unpaired) electrons. The standard InChI is InChI=1S/C20H19ClFN3OS/c1-2-4-13-18-20(26-19(13)12-6-7-14(22)17(12)23)15(9-16(21)25-18)24-10-11-5-3-8-27-11/h3,5,8-9,12,14,17H,6-7,10,23H2,1H3,(H,24,25)/t12-,14-,17+/m0/s1. The van der Waals surface area contributed by atoms with E-state index in [2.05, 4.69) is 28.2 Å². The number of nitrogens with two attached hydrogens (primary N) is 1. The van der Waals surface area contributed by atoms with Gasteiger partial charge in [-0.15, -0.1) is 17.3 Å². The van der Waals surface area contributed by atoms with Gasteiger partial charge in [0.1, 0.15) is 22.6 Å². The monoisotopic (exact) mass is 403 g/mol. The molecule has 0 aliphatic heterocycles. The zero-order chi connectivity index (χ0) is 19.0. The van der Waals surface area contributed by atoms with Gasteiger partial charge in [-0.25, -0.2) is 9.37 Å². The molecule has 0 unspecified atom stereocenters. The molecular formula is C20H19ClFN3OS. The van der Waals surface area contributed by atoms with Gasteiger partial charge in [-0.3, -0.25) is 0 Å². The second kappa shape index (κ2) is 7.51. The number of hydrogen-bond donors (Lipinski definition) is 2. The van der Waals surface area contributed by atoms with E-state index in [0.29, 0.717) is 47.0 Å². The number of nitrogens with zero attached hydrogens (tertiary/aromatic N) is 1. The largest absolute Gasteiger partial charge is 0.455 e. The summed E-state index contributed by atoms with van der Waals surface area (Å²) in [7, 11) is 0. The molecule has 1 aliphatic rings. The summed E-state index contributed by atoms with van der Waals surface area (Å²) in [6, 6.07) is 5.20. The van der Waals surface area contributed by atoms with Crippen LogP contribution < -0.4 is 11.1 Å². The highest BCUT2D eigenvalue weighted by Gasteiger charge is 2.38. The van der Waals surface area contributed by atoms with Crippen LogP contribution in [-0.2, 0) is 6.54 Å². The maximum absolute atomic E-state index is 14.0. The molecule has 27 heavy (non-hydrogen) atoms. The number of nitrogens with one attached hydrogen (secondary N) is 1.